The van der Waals surface area contributed by atoms with Crippen LogP contribution in [0.2, 0.25) is 0 Å². The first-order chi connectivity index (χ1) is 14.3. The normalized spacial score (nSPS) is 16.0. The minimum absolute atomic E-state index is 0.0244. The van der Waals surface area contributed by atoms with E-state index in [-0.39, 0.29) is 12.2 Å². The molecular formula is C20H24F4N4OS. The second-order valence-corrected chi connectivity index (χ2v) is 8.21. The monoisotopic (exact) mass is 444 g/mol. The van der Waals surface area contributed by atoms with Gasteiger partial charge >= 0.3 is 6.18 Å². The summed E-state index contributed by atoms with van der Waals surface area (Å²) in [5.74, 6) is -0.692. The average Bonchev–Trinajstić information content (AvgIpc) is 3.23. The molecule has 1 aromatic heterocycles. The van der Waals surface area contributed by atoms with E-state index in [0.29, 0.717) is 30.5 Å². The SMILES string of the molecule is CSN1CCC(CCN(Cc2ccccc2F)C(=O)c2cc(C(F)(F)F)[nH]n2)CC1. The van der Waals surface area contributed by atoms with Crippen molar-refractivity contribution in [3.63, 3.8) is 0 Å². The summed E-state index contributed by atoms with van der Waals surface area (Å²) in [7, 11) is 0. The van der Waals surface area contributed by atoms with Gasteiger partial charge in [-0.3, -0.25) is 14.2 Å². The lowest BCUT2D eigenvalue weighted by Crippen LogP contribution is -2.35. The van der Waals surface area contributed by atoms with Crippen molar-refractivity contribution in [3.05, 3.63) is 53.1 Å². The van der Waals surface area contributed by atoms with Gasteiger partial charge in [0.1, 0.15) is 11.5 Å². The molecule has 0 spiro atoms. The summed E-state index contributed by atoms with van der Waals surface area (Å²) in [5.41, 5.74) is -1.09. The maximum atomic E-state index is 14.1. The number of benzene rings is 1. The van der Waals surface area contributed by atoms with Crippen molar-refractivity contribution in [2.45, 2.75) is 32.0 Å². The van der Waals surface area contributed by atoms with Gasteiger partial charge in [-0.15, -0.1) is 0 Å². The molecule has 0 aliphatic carbocycles. The number of piperidine rings is 1. The maximum absolute atomic E-state index is 14.1. The zero-order valence-electron chi connectivity index (χ0n) is 16.6. The number of carbonyl (C=O) groups excluding carboxylic acids is 1. The molecule has 1 amide bonds. The number of H-pyrrole nitrogens is 1. The molecule has 1 fully saturated rings. The van der Waals surface area contributed by atoms with E-state index in [2.05, 4.69) is 9.40 Å². The molecule has 1 aromatic carbocycles. The number of hydrogen-bond acceptors (Lipinski definition) is 4. The third-order valence-electron chi connectivity index (χ3n) is 5.35. The standard InChI is InChI=1S/C20H24F4N4OS/c1-30-28-10-7-14(8-11-28)6-9-27(13-15-4-2-3-5-16(15)21)19(29)17-12-18(26-25-17)20(22,23)24/h2-5,12,14H,6-11,13H2,1H3,(H,25,26). The number of nitrogens with zero attached hydrogens (tertiary/aromatic N) is 3. The fourth-order valence-electron chi connectivity index (χ4n) is 3.54. The molecule has 0 atom stereocenters. The van der Waals surface area contributed by atoms with Crippen molar-refractivity contribution >= 4 is 17.9 Å². The lowest BCUT2D eigenvalue weighted by molar-refractivity contribution is -0.141. The van der Waals surface area contributed by atoms with E-state index < -0.39 is 23.6 Å². The molecule has 1 N–H and O–H groups in total. The van der Waals surface area contributed by atoms with Crippen molar-refractivity contribution in [3.8, 4) is 0 Å². The van der Waals surface area contributed by atoms with E-state index in [9.17, 15) is 22.4 Å². The quantitative estimate of drug-likeness (QED) is 0.501. The van der Waals surface area contributed by atoms with Crippen molar-refractivity contribution in [2.75, 3.05) is 25.9 Å². The molecule has 2 aromatic rings. The predicted molar refractivity (Wildman–Crippen MR) is 107 cm³/mol. The van der Waals surface area contributed by atoms with Gasteiger partial charge in [-0.1, -0.05) is 30.1 Å². The van der Waals surface area contributed by atoms with Crippen LogP contribution in [0.15, 0.2) is 30.3 Å². The van der Waals surface area contributed by atoms with E-state index in [1.165, 1.54) is 11.0 Å². The molecule has 0 bridgehead atoms. The number of alkyl halides is 3. The molecule has 30 heavy (non-hydrogen) atoms. The fourth-order valence-corrected chi connectivity index (χ4v) is 4.12. The Morgan fingerprint density at radius 1 is 1.30 bits per heavy atom. The minimum atomic E-state index is -4.62. The van der Waals surface area contributed by atoms with Crippen LogP contribution in [-0.4, -0.2) is 51.2 Å². The highest BCUT2D eigenvalue weighted by atomic mass is 32.2. The van der Waals surface area contributed by atoms with Crippen molar-refractivity contribution in [2.24, 2.45) is 5.92 Å². The van der Waals surface area contributed by atoms with Crippen LogP contribution < -0.4 is 0 Å². The second kappa shape index (κ2) is 9.82. The largest absolute Gasteiger partial charge is 0.432 e. The molecule has 10 heteroatoms. The van der Waals surface area contributed by atoms with E-state index in [1.807, 2.05) is 11.4 Å². The van der Waals surface area contributed by atoms with E-state index in [0.717, 1.165) is 25.9 Å². The lowest BCUT2D eigenvalue weighted by Gasteiger charge is -2.31. The molecule has 5 nitrogen and oxygen atoms in total. The van der Waals surface area contributed by atoms with Crippen LogP contribution in [0.4, 0.5) is 17.6 Å². The van der Waals surface area contributed by atoms with Gasteiger partial charge in [-0.05, 0) is 37.5 Å². The summed E-state index contributed by atoms with van der Waals surface area (Å²) in [4.78, 5) is 14.3. The number of carbonyl (C=O) groups is 1. The Hall–Kier alpha value is -2.07. The van der Waals surface area contributed by atoms with Gasteiger partial charge in [-0.2, -0.15) is 18.3 Å². The number of rotatable bonds is 7. The smallest absolute Gasteiger partial charge is 0.333 e. The highest BCUT2D eigenvalue weighted by Gasteiger charge is 2.34. The maximum Gasteiger partial charge on any atom is 0.432 e. The van der Waals surface area contributed by atoms with Crippen LogP contribution in [0, 0.1) is 11.7 Å². The highest BCUT2D eigenvalue weighted by molar-refractivity contribution is 7.96. The molecule has 0 saturated carbocycles. The van der Waals surface area contributed by atoms with E-state index in [4.69, 9.17) is 0 Å². The van der Waals surface area contributed by atoms with Crippen molar-refractivity contribution < 1.29 is 22.4 Å². The Morgan fingerprint density at radius 3 is 2.60 bits per heavy atom. The zero-order valence-corrected chi connectivity index (χ0v) is 17.4. The summed E-state index contributed by atoms with van der Waals surface area (Å²) >= 11 is 1.71. The second-order valence-electron chi connectivity index (χ2n) is 7.33. The Labute approximate surface area is 176 Å². The number of amides is 1. The predicted octanol–water partition coefficient (Wildman–Crippen LogP) is 4.59. The number of aromatic amines is 1. The summed E-state index contributed by atoms with van der Waals surface area (Å²) < 4.78 is 55.0. The first-order valence-electron chi connectivity index (χ1n) is 9.72. The molecular weight excluding hydrogens is 420 g/mol. The number of nitrogens with one attached hydrogen (secondary N) is 1. The minimum Gasteiger partial charge on any atom is -0.333 e. The highest BCUT2D eigenvalue weighted by Crippen LogP contribution is 2.28. The first-order valence-corrected chi connectivity index (χ1v) is 10.9. The zero-order chi connectivity index (χ0) is 21.7. The Morgan fingerprint density at radius 2 is 2.00 bits per heavy atom. The van der Waals surface area contributed by atoms with E-state index in [1.54, 1.807) is 30.1 Å². The first kappa shape index (κ1) is 22.6. The summed E-state index contributed by atoms with van der Waals surface area (Å²) in [6, 6.07) is 6.78. The number of aromatic nitrogens is 2. The Kier molecular flexibility index (Phi) is 7.41. The lowest BCUT2D eigenvalue weighted by atomic mass is 9.94. The van der Waals surface area contributed by atoms with Gasteiger partial charge < -0.3 is 4.90 Å². The molecule has 0 radical (unpaired) electrons. The summed E-state index contributed by atoms with van der Waals surface area (Å²) in [6.45, 7) is 2.22. The summed E-state index contributed by atoms with van der Waals surface area (Å²) in [5, 5.41) is 5.41. The molecule has 3 rings (SSSR count). The Balaban J connectivity index is 1.73. The van der Waals surface area contributed by atoms with Crippen LogP contribution >= 0.6 is 11.9 Å². The Bertz CT molecular complexity index is 849. The molecule has 2 heterocycles. The van der Waals surface area contributed by atoms with Crippen molar-refractivity contribution in [1.82, 2.24) is 19.4 Å². The van der Waals surface area contributed by atoms with Gasteiger partial charge in [0.15, 0.2) is 5.69 Å². The van der Waals surface area contributed by atoms with Gasteiger partial charge in [0.05, 0.1) is 0 Å². The van der Waals surface area contributed by atoms with Crippen LogP contribution in [0.25, 0.3) is 0 Å². The summed E-state index contributed by atoms with van der Waals surface area (Å²) in [6.07, 6.45) is 0.104. The molecule has 1 aliphatic heterocycles. The van der Waals surface area contributed by atoms with E-state index >= 15 is 0 Å². The molecule has 1 saturated heterocycles. The molecule has 0 unspecified atom stereocenters. The van der Waals surface area contributed by atoms with Crippen LogP contribution in [0.3, 0.4) is 0 Å². The topological polar surface area (TPSA) is 52.2 Å². The molecule has 164 valence electrons. The average molecular weight is 444 g/mol. The fraction of sp³-hybridized carbons (Fsp3) is 0.500. The molecule has 1 aliphatic rings. The van der Waals surface area contributed by atoms with Crippen LogP contribution in [0.1, 0.15) is 41.0 Å². The number of hydrogen-bond donors (Lipinski definition) is 1. The van der Waals surface area contributed by atoms with Gasteiger partial charge in [-0.25, -0.2) is 4.39 Å². The van der Waals surface area contributed by atoms with Crippen LogP contribution in [-0.2, 0) is 12.7 Å². The van der Waals surface area contributed by atoms with Crippen molar-refractivity contribution in [1.29, 1.82) is 0 Å². The van der Waals surface area contributed by atoms with Gasteiger partial charge in [0.2, 0.25) is 0 Å². The van der Waals surface area contributed by atoms with Crippen LogP contribution in [0.5, 0.6) is 0 Å². The number of halogens is 4. The third kappa shape index (κ3) is 5.75. The van der Waals surface area contributed by atoms with Gasteiger partial charge in [0.25, 0.3) is 5.91 Å². The third-order valence-corrected chi connectivity index (χ3v) is 6.23. The van der Waals surface area contributed by atoms with Gasteiger partial charge in [0, 0.05) is 37.8 Å².